The highest BCUT2D eigenvalue weighted by Gasteiger charge is 2.17. The van der Waals surface area contributed by atoms with E-state index in [-0.39, 0.29) is 17.8 Å². The van der Waals surface area contributed by atoms with Crippen LogP contribution in [0.5, 0.6) is 0 Å². The number of fused-ring (bicyclic) bond motifs is 2. The number of hydrogen-bond acceptors (Lipinski definition) is 5. The Kier molecular flexibility index (Phi) is 4.25. The average molecular weight is 442 g/mol. The van der Waals surface area contributed by atoms with Gasteiger partial charge in [0.15, 0.2) is 5.82 Å². The van der Waals surface area contributed by atoms with Crippen LogP contribution in [0.1, 0.15) is 11.3 Å². The SMILES string of the molecule is Cc1cnc(Cn2nccc2-c2cc(F)c3nnn(-c4ccc5cn[nH]c5c4)c3c2)c(F)c1. The standard InChI is InChI=1S/C23H16F2N8/c1-13-6-17(24)20(26-10-13)12-32-21(4-5-28-32)15-7-18(25)23-22(8-15)33(31-30-23)16-3-2-14-11-27-29-19(14)9-16/h2-11H,12H2,1H3,(H,27,29). The predicted molar refractivity (Wildman–Crippen MR) is 118 cm³/mol. The van der Waals surface area contributed by atoms with Gasteiger partial charge in [-0.1, -0.05) is 5.21 Å². The van der Waals surface area contributed by atoms with Crippen molar-refractivity contribution < 1.29 is 8.78 Å². The second-order valence-corrected chi connectivity index (χ2v) is 7.78. The number of aromatic nitrogens is 8. The number of nitrogens with zero attached hydrogens (tertiary/aromatic N) is 7. The molecule has 0 aliphatic rings. The minimum atomic E-state index is -0.510. The first-order valence-corrected chi connectivity index (χ1v) is 10.2. The molecule has 0 aliphatic carbocycles. The van der Waals surface area contributed by atoms with Gasteiger partial charge in [-0.05, 0) is 55.0 Å². The van der Waals surface area contributed by atoms with Gasteiger partial charge in [-0.25, -0.2) is 13.5 Å². The molecule has 0 amide bonds. The van der Waals surface area contributed by atoms with Crippen LogP contribution < -0.4 is 0 Å². The third-order valence-electron chi connectivity index (χ3n) is 5.54. The number of aryl methyl sites for hydroxylation is 1. The molecular weight excluding hydrogens is 426 g/mol. The Morgan fingerprint density at radius 1 is 1.00 bits per heavy atom. The second kappa shape index (κ2) is 7.30. The van der Waals surface area contributed by atoms with Crippen molar-refractivity contribution in [3.63, 3.8) is 0 Å². The summed E-state index contributed by atoms with van der Waals surface area (Å²) >= 11 is 0. The van der Waals surface area contributed by atoms with Gasteiger partial charge in [0.2, 0.25) is 0 Å². The Hall–Kier alpha value is -4.47. The van der Waals surface area contributed by atoms with Crippen LogP contribution in [-0.4, -0.2) is 40.0 Å². The van der Waals surface area contributed by atoms with Crippen LogP contribution >= 0.6 is 0 Å². The molecule has 0 bridgehead atoms. The zero-order chi connectivity index (χ0) is 22.5. The van der Waals surface area contributed by atoms with Crippen LogP contribution in [0.15, 0.2) is 61.1 Å². The minimum absolute atomic E-state index is 0.113. The van der Waals surface area contributed by atoms with Gasteiger partial charge in [0.1, 0.15) is 11.3 Å². The van der Waals surface area contributed by atoms with Crippen LogP contribution in [0.4, 0.5) is 8.78 Å². The number of pyridine rings is 1. The van der Waals surface area contributed by atoms with Gasteiger partial charge in [-0.15, -0.1) is 5.10 Å². The number of hydrogen-bond donors (Lipinski definition) is 1. The van der Waals surface area contributed by atoms with E-state index in [1.807, 2.05) is 18.2 Å². The molecular formula is C23H16F2N8. The Morgan fingerprint density at radius 3 is 2.79 bits per heavy atom. The maximum atomic E-state index is 15.0. The van der Waals surface area contributed by atoms with Gasteiger partial charge in [0.05, 0.1) is 40.9 Å². The fourth-order valence-electron chi connectivity index (χ4n) is 3.90. The third-order valence-corrected chi connectivity index (χ3v) is 5.54. The van der Waals surface area contributed by atoms with Gasteiger partial charge in [0, 0.05) is 23.3 Å². The Labute approximate surface area is 185 Å². The van der Waals surface area contributed by atoms with E-state index in [2.05, 4.69) is 30.6 Å². The van der Waals surface area contributed by atoms with E-state index < -0.39 is 11.6 Å². The molecule has 4 heterocycles. The number of benzene rings is 2. The molecule has 1 N–H and O–H groups in total. The average Bonchev–Trinajstić information content (AvgIpc) is 3.54. The van der Waals surface area contributed by atoms with Crippen LogP contribution in [0.25, 0.3) is 38.9 Å². The van der Waals surface area contributed by atoms with E-state index in [1.165, 1.54) is 12.1 Å². The molecule has 0 spiro atoms. The first-order chi connectivity index (χ1) is 16.1. The Balaban J connectivity index is 1.45. The molecule has 6 aromatic rings. The highest BCUT2D eigenvalue weighted by atomic mass is 19.1. The summed E-state index contributed by atoms with van der Waals surface area (Å²) in [7, 11) is 0. The second-order valence-electron chi connectivity index (χ2n) is 7.78. The van der Waals surface area contributed by atoms with Gasteiger partial charge in [0.25, 0.3) is 0 Å². The summed E-state index contributed by atoms with van der Waals surface area (Å²) in [6.07, 6.45) is 4.92. The Bertz CT molecular complexity index is 1650. The topological polar surface area (TPSA) is 90.1 Å². The molecule has 2 aromatic carbocycles. The zero-order valence-electron chi connectivity index (χ0n) is 17.4. The van der Waals surface area contributed by atoms with Crippen molar-refractivity contribution >= 4 is 21.9 Å². The number of nitrogens with one attached hydrogen (secondary N) is 1. The summed E-state index contributed by atoms with van der Waals surface area (Å²) in [6.45, 7) is 1.89. The van der Waals surface area contributed by atoms with Crippen molar-refractivity contribution in [2.75, 3.05) is 0 Å². The van der Waals surface area contributed by atoms with Crippen LogP contribution in [-0.2, 0) is 6.54 Å². The summed E-state index contributed by atoms with van der Waals surface area (Å²) in [4.78, 5) is 4.18. The molecule has 0 unspecified atom stereocenters. The summed E-state index contributed by atoms with van der Waals surface area (Å²) in [5, 5.41) is 20.4. The first-order valence-electron chi connectivity index (χ1n) is 10.2. The molecule has 162 valence electrons. The van der Waals surface area contributed by atoms with Crippen molar-refractivity contribution in [1.82, 2.24) is 40.0 Å². The summed E-state index contributed by atoms with van der Waals surface area (Å²) in [5.74, 6) is -0.918. The van der Waals surface area contributed by atoms with Crippen molar-refractivity contribution in [3.05, 3.63) is 83.9 Å². The Morgan fingerprint density at radius 2 is 1.91 bits per heavy atom. The van der Waals surface area contributed by atoms with E-state index in [9.17, 15) is 4.39 Å². The molecule has 4 aromatic heterocycles. The normalized spacial score (nSPS) is 11.6. The van der Waals surface area contributed by atoms with E-state index in [4.69, 9.17) is 0 Å². The fraction of sp³-hybridized carbons (Fsp3) is 0.0870. The number of H-pyrrole nitrogens is 1. The first kappa shape index (κ1) is 19.2. The van der Waals surface area contributed by atoms with Crippen LogP contribution in [0.2, 0.25) is 0 Å². The van der Waals surface area contributed by atoms with Crippen molar-refractivity contribution in [1.29, 1.82) is 0 Å². The lowest BCUT2D eigenvalue weighted by Crippen LogP contribution is -2.08. The lowest BCUT2D eigenvalue weighted by Gasteiger charge is -2.10. The van der Waals surface area contributed by atoms with E-state index in [1.54, 1.807) is 47.0 Å². The summed E-state index contributed by atoms with van der Waals surface area (Å²) in [5.41, 5.74) is 4.37. The van der Waals surface area contributed by atoms with E-state index in [0.717, 1.165) is 16.5 Å². The molecule has 0 saturated heterocycles. The smallest absolute Gasteiger partial charge is 0.153 e. The van der Waals surface area contributed by atoms with Gasteiger partial charge in [-0.3, -0.25) is 14.8 Å². The molecule has 0 saturated carbocycles. The summed E-state index contributed by atoms with van der Waals surface area (Å²) < 4.78 is 32.5. The highest BCUT2D eigenvalue weighted by molar-refractivity contribution is 5.85. The van der Waals surface area contributed by atoms with Gasteiger partial charge in [-0.2, -0.15) is 10.2 Å². The molecule has 6 rings (SSSR count). The molecule has 0 radical (unpaired) electrons. The van der Waals surface area contributed by atoms with Gasteiger partial charge >= 0.3 is 0 Å². The molecule has 10 heteroatoms. The lowest BCUT2D eigenvalue weighted by atomic mass is 10.1. The predicted octanol–water partition coefficient (Wildman–Crippen LogP) is 4.19. The maximum Gasteiger partial charge on any atom is 0.153 e. The van der Waals surface area contributed by atoms with Crippen molar-refractivity contribution in [2.24, 2.45) is 0 Å². The van der Waals surface area contributed by atoms with Crippen LogP contribution in [0, 0.1) is 18.6 Å². The monoisotopic (exact) mass is 442 g/mol. The van der Waals surface area contributed by atoms with E-state index in [0.29, 0.717) is 22.5 Å². The molecule has 0 fully saturated rings. The molecule has 33 heavy (non-hydrogen) atoms. The fourth-order valence-corrected chi connectivity index (χ4v) is 3.90. The maximum absolute atomic E-state index is 15.0. The highest BCUT2D eigenvalue weighted by Crippen LogP contribution is 2.28. The largest absolute Gasteiger partial charge is 0.278 e. The summed E-state index contributed by atoms with van der Waals surface area (Å²) in [6, 6.07) is 12.0. The number of aromatic amines is 1. The lowest BCUT2D eigenvalue weighted by molar-refractivity contribution is 0.571. The molecule has 0 atom stereocenters. The zero-order valence-corrected chi connectivity index (χ0v) is 17.4. The third kappa shape index (κ3) is 3.23. The van der Waals surface area contributed by atoms with E-state index >= 15 is 4.39 Å². The molecule has 8 nitrogen and oxygen atoms in total. The van der Waals surface area contributed by atoms with Gasteiger partial charge < -0.3 is 0 Å². The number of rotatable bonds is 4. The van der Waals surface area contributed by atoms with Crippen molar-refractivity contribution in [2.45, 2.75) is 13.5 Å². The number of halogens is 2. The minimum Gasteiger partial charge on any atom is -0.278 e. The quantitative estimate of drug-likeness (QED) is 0.442. The molecule has 0 aliphatic heterocycles. The van der Waals surface area contributed by atoms with Crippen molar-refractivity contribution in [3.8, 4) is 16.9 Å². The van der Waals surface area contributed by atoms with Crippen LogP contribution in [0.3, 0.4) is 0 Å².